The van der Waals surface area contributed by atoms with E-state index in [-0.39, 0.29) is 36.6 Å². The van der Waals surface area contributed by atoms with Crippen LogP contribution in [0.15, 0.2) is 48.5 Å². The molecular weight excluding hydrogens is 681 g/mol. The molecule has 0 fully saturated rings. The van der Waals surface area contributed by atoms with Crippen LogP contribution in [0.3, 0.4) is 0 Å². The first-order valence-corrected chi connectivity index (χ1v) is 18.8. The topological polar surface area (TPSA) is 135 Å². The summed E-state index contributed by atoms with van der Waals surface area (Å²) in [7, 11) is 0. The first kappa shape index (κ1) is 39.9. The Morgan fingerprint density at radius 1 is 0.556 bits per heavy atom. The number of anilines is 4. The van der Waals surface area contributed by atoms with Gasteiger partial charge in [-0.2, -0.15) is 0 Å². The van der Waals surface area contributed by atoms with Gasteiger partial charge in [0, 0.05) is 48.8 Å². The maximum atomic E-state index is 14.5. The second-order valence-corrected chi connectivity index (χ2v) is 13.6. The van der Waals surface area contributed by atoms with Crippen LogP contribution in [0.5, 0.6) is 0 Å². The van der Waals surface area contributed by atoms with Crippen molar-refractivity contribution in [2.75, 3.05) is 37.1 Å². The molecule has 0 heterocycles. The smallest absolute Gasteiger partial charge is 0.246 e. The molecule has 284 valence electrons. The van der Waals surface area contributed by atoms with Gasteiger partial charge < -0.3 is 30.7 Å². The van der Waals surface area contributed by atoms with Gasteiger partial charge in [-0.15, -0.1) is 0 Å². The molecule has 0 atom stereocenters. The molecule has 0 unspecified atom stereocenters. The predicted molar refractivity (Wildman–Crippen MR) is 214 cm³/mol. The van der Waals surface area contributed by atoms with Crippen molar-refractivity contribution in [2.24, 2.45) is 0 Å². The zero-order valence-electron chi connectivity index (χ0n) is 32.7. The second-order valence-electron chi connectivity index (χ2n) is 13.6. The lowest BCUT2D eigenvalue weighted by molar-refractivity contribution is -0.126. The molecule has 0 saturated heterocycles. The molecule has 0 saturated carbocycles. The minimum absolute atomic E-state index is 0.00761. The maximum Gasteiger partial charge on any atom is 0.246 e. The lowest BCUT2D eigenvalue weighted by atomic mass is 9.82. The maximum absolute atomic E-state index is 14.5. The number of hydrogen-bond donors (Lipinski definition) is 4. The van der Waals surface area contributed by atoms with Crippen molar-refractivity contribution in [1.82, 2.24) is 10.6 Å². The lowest BCUT2D eigenvalue weighted by Gasteiger charge is -2.27. The highest BCUT2D eigenvalue weighted by Gasteiger charge is 2.34. The van der Waals surface area contributed by atoms with Crippen LogP contribution in [-0.2, 0) is 45.0 Å². The lowest BCUT2D eigenvalue weighted by Crippen LogP contribution is -2.28. The Bertz CT molecular complexity index is 1960. The Labute approximate surface area is 318 Å². The summed E-state index contributed by atoms with van der Waals surface area (Å²) in [5, 5.41) is 13.1. The van der Waals surface area contributed by atoms with Gasteiger partial charge in [0.1, 0.15) is 13.2 Å². The fourth-order valence-corrected chi connectivity index (χ4v) is 7.41. The van der Waals surface area contributed by atoms with Crippen molar-refractivity contribution in [3.63, 3.8) is 0 Å². The number of ketones is 2. The Kier molecular flexibility index (Phi) is 13.0. The van der Waals surface area contributed by atoms with Crippen molar-refractivity contribution in [2.45, 2.75) is 81.3 Å². The summed E-state index contributed by atoms with van der Waals surface area (Å²) >= 11 is 0. The molecule has 0 aromatic heterocycles. The molecular formula is C44H52N4O6. The number of carbonyl (C=O) groups excluding carboxylic acids is 4. The highest BCUT2D eigenvalue weighted by Crippen LogP contribution is 2.41. The van der Waals surface area contributed by atoms with Crippen molar-refractivity contribution in [1.29, 1.82) is 0 Å². The third-order valence-corrected chi connectivity index (χ3v) is 10.0. The normalized spacial score (nSPS) is 11.9. The molecule has 54 heavy (non-hydrogen) atoms. The van der Waals surface area contributed by atoms with Crippen molar-refractivity contribution in [3.8, 4) is 0 Å². The summed E-state index contributed by atoms with van der Waals surface area (Å²) in [5.41, 5.74) is 12.0. The summed E-state index contributed by atoms with van der Waals surface area (Å²) < 4.78 is 10.6. The largest absolute Gasteiger partial charge is 0.372 e. The van der Waals surface area contributed by atoms with E-state index in [0.717, 1.165) is 55.9 Å². The van der Waals surface area contributed by atoms with E-state index in [0.29, 0.717) is 72.8 Å². The van der Waals surface area contributed by atoms with Gasteiger partial charge in [-0.1, -0.05) is 50.2 Å². The van der Waals surface area contributed by atoms with Crippen LogP contribution >= 0.6 is 0 Å². The number of nitrogens with one attached hydrogen (secondary N) is 4. The number of benzene rings is 4. The fraction of sp³-hybridized carbons (Fsp3) is 0.364. The molecule has 5 rings (SSSR count). The zero-order valence-corrected chi connectivity index (χ0v) is 32.7. The molecule has 0 aliphatic heterocycles. The second kappa shape index (κ2) is 17.7. The van der Waals surface area contributed by atoms with E-state index in [1.54, 1.807) is 24.3 Å². The quantitative estimate of drug-likeness (QED) is 0.0815. The summed E-state index contributed by atoms with van der Waals surface area (Å²) in [5.74, 6) is -0.873. The van der Waals surface area contributed by atoms with Gasteiger partial charge in [0.15, 0.2) is 11.6 Å². The summed E-state index contributed by atoms with van der Waals surface area (Å²) in [6.45, 7) is 17.5. The summed E-state index contributed by atoms with van der Waals surface area (Å²) in [4.78, 5) is 53.9. The van der Waals surface area contributed by atoms with Crippen LogP contribution < -0.4 is 21.3 Å². The molecule has 4 aromatic rings. The van der Waals surface area contributed by atoms with Crippen LogP contribution in [0.4, 0.5) is 22.7 Å². The van der Waals surface area contributed by atoms with E-state index in [1.807, 2.05) is 53.7 Å². The number of fused-ring (bicyclic) bond motifs is 2. The van der Waals surface area contributed by atoms with Gasteiger partial charge in [-0.25, -0.2) is 0 Å². The van der Waals surface area contributed by atoms with Gasteiger partial charge in [0.25, 0.3) is 0 Å². The molecule has 0 bridgehead atoms. The van der Waals surface area contributed by atoms with E-state index in [1.165, 1.54) is 0 Å². The monoisotopic (exact) mass is 732 g/mol. The molecule has 1 aliphatic rings. The minimum atomic E-state index is -0.244. The molecule has 0 radical (unpaired) electrons. The van der Waals surface area contributed by atoms with Gasteiger partial charge in [0.2, 0.25) is 11.8 Å². The van der Waals surface area contributed by atoms with Crippen LogP contribution in [-0.4, -0.2) is 49.8 Å². The average molecular weight is 733 g/mol. The SMILES string of the molecule is CCOCC(=O)NCc1c(C)cc(C)c(Nc2ccc(Nc3c(C)cc(C)c(CNC(=O)COCC)c3CC)c3c2C(=O)c2ccccc2C3=O)c1CC. The molecule has 2 amide bonds. The van der Waals surface area contributed by atoms with Gasteiger partial charge in [-0.3, -0.25) is 19.2 Å². The minimum Gasteiger partial charge on any atom is -0.372 e. The average Bonchev–Trinajstić information content (AvgIpc) is 3.16. The van der Waals surface area contributed by atoms with Gasteiger partial charge in [0.05, 0.1) is 22.5 Å². The predicted octanol–water partition coefficient (Wildman–Crippen LogP) is 7.61. The molecule has 10 heteroatoms. The van der Waals surface area contributed by atoms with Crippen molar-refractivity contribution < 1.29 is 28.7 Å². The highest BCUT2D eigenvalue weighted by molar-refractivity contribution is 6.32. The number of ether oxygens (including phenoxy) is 2. The van der Waals surface area contributed by atoms with Crippen molar-refractivity contribution >= 4 is 46.1 Å². The number of hydrogen-bond acceptors (Lipinski definition) is 8. The van der Waals surface area contributed by atoms with Gasteiger partial charge >= 0.3 is 0 Å². The standard InChI is InChI=1S/C44H52N4O6/c1-9-29-33(21-45-37(49)23-53-11-3)25(5)19-27(7)41(29)47-35-17-18-36(40-39(35)43(51)31-15-13-14-16-32(31)44(40)52)48-42-28(8)20-26(6)34(30(42)10-2)22-46-38(50)24-54-12-4/h13-20,47-48H,9-12,21-24H2,1-8H3,(H,45,49)(H,46,50). The molecule has 1 aliphatic carbocycles. The number of aryl methyl sites for hydroxylation is 4. The van der Waals surface area contributed by atoms with Crippen molar-refractivity contribution in [3.05, 3.63) is 115 Å². The van der Waals surface area contributed by atoms with Crippen LogP contribution in [0.25, 0.3) is 0 Å². The van der Waals surface area contributed by atoms with E-state index in [9.17, 15) is 19.2 Å². The third kappa shape index (κ3) is 8.25. The molecule has 4 aromatic carbocycles. The Hall–Kier alpha value is -5.32. The summed E-state index contributed by atoms with van der Waals surface area (Å²) in [6, 6.07) is 14.8. The first-order valence-electron chi connectivity index (χ1n) is 18.8. The molecule has 10 nitrogen and oxygen atoms in total. The van der Waals surface area contributed by atoms with Crippen LogP contribution in [0.1, 0.15) is 104 Å². The first-order chi connectivity index (χ1) is 25.9. The Morgan fingerprint density at radius 3 is 1.30 bits per heavy atom. The van der Waals surface area contributed by atoms with Crippen LogP contribution in [0, 0.1) is 27.7 Å². The van der Waals surface area contributed by atoms with Crippen LogP contribution in [0.2, 0.25) is 0 Å². The van der Waals surface area contributed by atoms with E-state index < -0.39 is 0 Å². The Morgan fingerprint density at radius 2 is 0.944 bits per heavy atom. The van der Waals surface area contributed by atoms with E-state index >= 15 is 0 Å². The number of amides is 2. The van der Waals surface area contributed by atoms with E-state index in [2.05, 4.69) is 47.2 Å². The van der Waals surface area contributed by atoms with Gasteiger partial charge in [-0.05, 0) is 111 Å². The molecule has 0 spiro atoms. The summed E-state index contributed by atoms with van der Waals surface area (Å²) in [6.07, 6.45) is 1.33. The number of rotatable bonds is 16. The number of carbonyl (C=O) groups is 4. The Balaban J connectivity index is 1.61. The zero-order chi connectivity index (χ0) is 39.1. The highest BCUT2D eigenvalue weighted by atomic mass is 16.5. The molecule has 4 N–H and O–H groups in total. The van der Waals surface area contributed by atoms with E-state index in [4.69, 9.17) is 9.47 Å². The fourth-order valence-electron chi connectivity index (χ4n) is 7.41. The third-order valence-electron chi connectivity index (χ3n) is 10.0.